The molecular weight excluding hydrogens is 464 g/mol. The van der Waals surface area contributed by atoms with Crippen molar-refractivity contribution in [3.8, 4) is 11.5 Å². The van der Waals surface area contributed by atoms with Gasteiger partial charge in [0, 0.05) is 6.42 Å². The predicted octanol–water partition coefficient (Wildman–Crippen LogP) is 6.83. The normalized spacial score (nSPS) is 10.8. The van der Waals surface area contributed by atoms with Crippen molar-refractivity contribution in [1.29, 1.82) is 0 Å². The van der Waals surface area contributed by atoms with Crippen LogP contribution in [-0.2, 0) is 19.6 Å². The molecule has 0 radical (unpaired) electrons. The Kier molecular flexibility index (Phi) is 14.0. The molecule has 0 aliphatic carbocycles. The molecule has 2 aromatic rings. The minimum atomic E-state index is -1.06. The van der Waals surface area contributed by atoms with Crippen LogP contribution in [0.2, 0.25) is 0 Å². The van der Waals surface area contributed by atoms with Gasteiger partial charge in [-0.3, -0.25) is 9.78 Å². The van der Waals surface area contributed by atoms with Gasteiger partial charge in [0.2, 0.25) is 6.29 Å². The molecule has 0 amide bonds. The maximum absolute atomic E-state index is 12.3. The molecule has 0 heterocycles. The number of rotatable bonds is 18. The second-order valence-electron chi connectivity index (χ2n) is 8.44. The van der Waals surface area contributed by atoms with E-state index in [9.17, 15) is 9.59 Å². The van der Waals surface area contributed by atoms with Crippen molar-refractivity contribution in [2.45, 2.75) is 77.4 Å². The third kappa shape index (κ3) is 11.1. The van der Waals surface area contributed by atoms with Crippen LogP contribution < -0.4 is 9.47 Å². The molecule has 0 N–H and O–H groups in total. The molecule has 0 saturated carbocycles. The molecule has 198 valence electrons. The topological polar surface area (TPSA) is 89.5 Å². The first-order chi connectivity index (χ1) is 17.6. The number of methoxy groups -OCH3 is 2. The fourth-order valence-corrected chi connectivity index (χ4v) is 3.48. The van der Waals surface area contributed by atoms with Gasteiger partial charge >= 0.3 is 11.9 Å². The number of hydrogen-bond acceptors (Lipinski definition) is 8. The van der Waals surface area contributed by atoms with E-state index in [2.05, 4.69) is 6.92 Å². The lowest BCUT2D eigenvalue weighted by molar-refractivity contribution is -0.421. The summed E-state index contributed by atoms with van der Waals surface area (Å²) < 4.78 is 10.2. The van der Waals surface area contributed by atoms with Gasteiger partial charge in [0.25, 0.3) is 0 Å². The van der Waals surface area contributed by atoms with Crippen LogP contribution in [0.1, 0.15) is 91.8 Å². The number of carbonyl (C=O) groups excluding carboxylic acids is 2. The van der Waals surface area contributed by atoms with Crippen LogP contribution >= 0.6 is 0 Å². The Morgan fingerprint density at radius 2 is 1.00 bits per heavy atom. The summed E-state index contributed by atoms with van der Waals surface area (Å²) in [6.07, 6.45) is 9.66. The quantitative estimate of drug-likeness (QED) is 0.0948. The molecule has 0 saturated heterocycles. The van der Waals surface area contributed by atoms with Crippen LogP contribution in [0.4, 0.5) is 0 Å². The second kappa shape index (κ2) is 17.3. The van der Waals surface area contributed by atoms with E-state index >= 15 is 0 Å². The summed E-state index contributed by atoms with van der Waals surface area (Å²) in [5.41, 5.74) is 0.570. The lowest BCUT2D eigenvalue weighted by atomic mass is 10.1. The highest BCUT2D eigenvalue weighted by molar-refractivity contribution is 5.89. The van der Waals surface area contributed by atoms with Crippen LogP contribution in [0.15, 0.2) is 48.5 Å². The van der Waals surface area contributed by atoms with Crippen molar-refractivity contribution in [2.75, 3.05) is 14.2 Å². The van der Waals surface area contributed by atoms with Gasteiger partial charge in [-0.25, -0.2) is 9.59 Å². The summed E-state index contributed by atoms with van der Waals surface area (Å²) in [5.74, 6) is -0.159. The van der Waals surface area contributed by atoms with Gasteiger partial charge in [0.1, 0.15) is 11.5 Å². The molecule has 0 aliphatic rings. The third-order valence-electron chi connectivity index (χ3n) is 5.66. The van der Waals surface area contributed by atoms with Crippen LogP contribution in [-0.4, -0.2) is 32.4 Å². The highest BCUT2D eigenvalue weighted by Gasteiger charge is 2.19. The van der Waals surface area contributed by atoms with E-state index in [4.69, 9.17) is 29.0 Å². The molecule has 2 aromatic carbocycles. The van der Waals surface area contributed by atoms with Crippen molar-refractivity contribution in [2.24, 2.45) is 0 Å². The zero-order valence-corrected chi connectivity index (χ0v) is 21.5. The summed E-state index contributed by atoms with van der Waals surface area (Å²) in [5, 5.41) is 0. The summed E-state index contributed by atoms with van der Waals surface area (Å²) in [7, 11) is 3.08. The van der Waals surface area contributed by atoms with E-state index in [0.29, 0.717) is 17.9 Å². The second-order valence-corrected chi connectivity index (χ2v) is 8.44. The Morgan fingerprint density at radius 1 is 0.611 bits per heavy atom. The van der Waals surface area contributed by atoms with Gasteiger partial charge in [-0.2, -0.15) is 0 Å². The van der Waals surface area contributed by atoms with Crippen LogP contribution in [0.3, 0.4) is 0 Å². The van der Waals surface area contributed by atoms with Crippen molar-refractivity contribution in [3.05, 3.63) is 59.7 Å². The first-order valence-corrected chi connectivity index (χ1v) is 12.6. The maximum atomic E-state index is 12.3. The van der Waals surface area contributed by atoms with Crippen LogP contribution in [0.5, 0.6) is 11.5 Å². The maximum Gasteiger partial charge on any atom is 0.373 e. The molecule has 0 fully saturated rings. The smallest absolute Gasteiger partial charge is 0.373 e. The van der Waals surface area contributed by atoms with E-state index in [1.165, 1.54) is 52.7 Å². The van der Waals surface area contributed by atoms with Crippen LogP contribution in [0.25, 0.3) is 0 Å². The summed E-state index contributed by atoms with van der Waals surface area (Å²) in [6.45, 7) is 2.21. The SMILES string of the molecule is CCCCCCCCCCCC(OOC(=O)c1ccc(OC)cc1)OOC(=O)c1ccc(OC)cc1. The summed E-state index contributed by atoms with van der Waals surface area (Å²) in [4.78, 5) is 45.0. The van der Waals surface area contributed by atoms with E-state index in [1.54, 1.807) is 48.5 Å². The molecule has 8 nitrogen and oxygen atoms in total. The van der Waals surface area contributed by atoms with Crippen molar-refractivity contribution < 1.29 is 38.6 Å². The minimum Gasteiger partial charge on any atom is -0.497 e. The van der Waals surface area contributed by atoms with Gasteiger partial charge < -0.3 is 9.47 Å². The molecule has 0 unspecified atom stereocenters. The monoisotopic (exact) mass is 502 g/mol. The van der Waals surface area contributed by atoms with Gasteiger partial charge in [0.05, 0.1) is 25.3 Å². The lowest BCUT2D eigenvalue weighted by Gasteiger charge is -2.15. The van der Waals surface area contributed by atoms with Crippen LogP contribution in [0, 0.1) is 0 Å². The van der Waals surface area contributed by atoms with Crippen molar-refractivity contribution in [3.63, 3.8) is 0 Å². The minimum absolute atomic E-state index is 0.285. The van der Waals surface area contributed by atoms with E-state index < -0.39 is 18.2 Å². The Balaban J connectivity index is 1.83. The molecule has 0 spiro atoms. The number of hydrogen-bond donors (Lipinski definition) is 0. The standard InChI is InChI=1S/C28H38O8/c1-4-5-6-7-8-9-10-11-12-13-26(33-35-27(29)22-14-18-24(31-2)19-15-22)34-36-28(30)23-16-20-25(32-3)21-17-23/h14-21,26H,4-13H2,1-3H3. The van der Waals surface area contributed by atoms with Gasteiger partial charge in [0.15, 0.2) is 0 Å². The molecular formula is C28H38O8. The Labute approximate surface area is 213 Å². The number of ether oxygens (including phenoxy) is 2. The van der Waals surface area contributed by atoms with E-state index in [-0.39, 0.29) is 11.1 Å². The molecule has 0 bridgehead atoms. The third-order valence-corrected chi connectivity index (χ3v) is 5.66. The fourth-order valence-electron chi connectivity index (χ4n) is 3.48. The molecule has 0 atom stereocenters. The largest absolute Gasteiger partial charge is 0.497 e. The number of carbonyl (C=O) groups is 2. The average molecular weight is 503 g/mol. The fraction of sp³-hybridized carbons (Fsp3) is 0.500. The lowest BCUT2D eigenvalue weighted by Crippen LogP contribution is -2.22. The van der Waals surface area contributed by atoms with Crippen molar-refractivity contribution >= 4 is 11.9 Å². The molecule has 0 aliphatic heterocycles. The average Bonchev–Trinajstić information content (AvgIpc) is 2.92. The van der Waals surface area contributed by atoms with E-state index in [0.717, 1.165) is 19.3 Å². The van der Waals surface area contributed by atoms with Gasteiger partial charge in [-0.05, 0) is 55.0 Å². The molecule has 2 rings (SSSR count). The van der Waals surface area contributed by atoms with Gasteiger partial charge in [-0.1, -0.05) is 58.3 Å². The first-order valence-electron chi connectivity index (χ1n) is 12.6. The highest BCUT2D eigenvalue weighted by atomic mass is 17.3. The number of unbranched alkanes of at least 4 members (excludes halogenated alkanes) is 8. The van der Waals surface area contributed by atoms with Crippen molar-refractivity contribution in [1.82, 2.24) is 0 Å². The Bertz CT molecular complexity index is 816. The predicted molar refractivity (Wildman–Crippen MR) is 135 cm³/mol. The van der Waals surface area contributed by atoms with E-state index in [1.807, 2.05) is 0 Å². The highest BCUT2D eigenvalue weighted by Crippen LogP contribution is 2.17. The first kappa shape index (κ1) is 29.1. The Hall–Kier alpha value is -3.10. The zero-order valence-electron chi connectivity index (χ0n) is 21.5. The van der Waals surface area contributed by atoms with Gasteiger partial charge in [-0.15, -0.1) is 9.78 Å². The summed E-state index contributed by atoms with van der Waals surface area (Å²) >= 11 is 0. The molecule has 36 heavy (non-hydrogen) atoms. The number of benzene rings is 2. The Morgan fingerprint density at radius 3 is 1.39 bits per heavy atom. The summed E-state index contributed by atoms with van der Waals surface area (Å²) in [6, 6.07) is 12.8. The molecule has 8 heteroatoms. The zero-order chi connectivity index (χ0) is 26.0. The molecule has 0 aromatic heterocycles.